The zero-order valence-electron chi connectivity index (χ0n) is 14.7. The van der Waals surface area contributed by atoms with Crippen molar-refractivity contribution in [3.63, 3.8) is 0 Å². The number of amidine groups is 1. The van der Waals surface area contributed by atoms with Crippen LogP contribution in [-0.2, 0) is 0 Å². The maximum atomic E-state index is 6.06. The van der Waals surface area contributed by atoms with Crippen LogP contribution in [0, 0.1) is 0 Å². The van der Waals surface area contributed by atoms with Crippen LogP contribution in [0.4, 0.5) is 5.69 Å². The molecule has 4 heteroatoms. The number of aliphatic imine (C=N–C) groups is 1. The van der Waals surface area contributed by atoms with Crippen molar-refractivity contribution in [3.8, 4) is 5.75 Å². The van der Waals surface area contributed by atoms with E-state index < -0.39 is 0 Å². The summed E-state index contributed by atoms with van der Waals surface area (Å²) < 4.78 is 5.60. The van der Waals surface area contributed by atoms with Crippen LogP contribution in [-0.4, -0.2) is 19.0 Å². The van der Waals surface area contributed by atoms with E-state index in [1.807, 2.05) is 30.3 Å². The number of allylic oxidation sites excluding steroid dienone is 2. The van der Waals surface area contributed by atoms with Crippen LogP contribution in [0.15, 0.2) is 77.8 Å². The number of methoxy groups -OCH3 is 1. The number of halogens is 1. The average molecular weight is 365 g/mol. The highest BCUT2D eigenvalue weighted by Crippen LogP contribution is 2.43. The van der Waals surface area contributed by atoms with Gasteiger partial charge in [-0.05, 0) is 36.2 Å². The molecule has 1 fully saturated rings. The lowest BCUT2D eigenvalue weighted by Crippen LogP contribution is -2.47. The smallest absolute Gasteiger partial charge is 0.142 e. The Morgan fingerprint density at radius 1 is 1.08 bits per heavy atom. The van der Waals surface area contributed by atoms with Gasteiger partial charge in [-0.15, -0.1) is 0 Å². The lowest BCUT2D eigenvalue weighted by atomic mass is 9.92. The van der Waals surface area contributed by atoms with Crippen LogP contribution in [0.5, 0.6) is 5.75 Å². The summed E-state index contributed by atoms with van der Waals surface area (Å²) >= 11 is 6.06. The Kier molecular flexibility index (Phi) is 4.81. The van der Waals surface area contributed by atoms with E-state index in [1.165, 1.54) is 5.56 Å². The van der Waals surface area contributed by atoms with Gasteiger partial charge in [0.25, 0.3) is 0 Å². The molecule has 0 N–H and O–H groups in total. The van der Waals surface area contributed by atoms with Crippen LogP contribution in [0.1, 0.15) is 24.4 Å². The van der Waals surface area contributed by atoms with Gasteiger partial charge in [0.2, 0.25) is 0 Å². The van der Waals surface area contributed by atoms with Gasteiger partial charge in [0.05, 0.1) is 24.9 Å². The minimum atomic E-state index is 0.207. The molecule has 0 amide bonds. The molecule has 2 aliphatic rings. The molecular formula is C22H21ClN2O. The maximum absolute atomic E-state index is 6.06. The minimum Gasteiger partial charge on any atom is -0.495 e. The lowest BCUT2D eigenvalue weighted by Gasteiger charge is -2.45. The van der Waals surface area contributed by atoms with Gasteiger partial charge in [-0.1, -0.05) is 60.2 Å². The largest absolute Gasteiger partial charge is 0.495 e. The fraction of sp³-hybridized carbons (Fsp3) is 0.227. The number of nitrogens with zero attached hydrogens (tertiary/aromatic N) is 2. The van der Waals surface area contributed by atoms with Crippen molar-refractivity contribution in [2.24, 2.45) is 4.99 Å². The molecule has 2 atom stereocenters. The van der Waals surface area contributed by atoms with Gasteiger partial charge >= 0.3 is 0 Å². The molecule has 2 aromatic rings. The number of para-hydroxylation sites is 2. The summed E-state index contributed by atoms with van der Waals surface area (Å²) in [6.45, 7) is 0. The molecule has 26 heavy (non-hydrogen) atoms. The number of anilines is 1. The first kappa shape index (κ1) is 16.9. The third-order valence-electron chi connectivity index (χ3n) is 4.84. The van der Waals surface area contributed by atoms with E-state index in [0.29, 0.717) is 0 Å². The third kappa shape index (κ3) is 3.27. The van der Waals surface area contributed by atoms with Crippen molar-refractivity contribution in [1.29, 1.82) is 0 Å². The molecule has 2 aromatic carbocycles. The Morgan fingerprint density at radius 2 is 1.88 bits per heavy atom. The highest BCUT2D eigenvalue weighted by Gasteiger charge is 2.38. The standard InChI is InChI=1S/C22H21ClN2O/c1-26-21-10-6-5-9-19(21)25-20(16-11-13-17(23)14-12-16)15-22(25)24-18-7-3-2-4-8-18/h2-7,9-14,18,20H,8,15H2,1H3/b24-22+. The number of rotatable bonds is 4. The molecule has 0 radical (unpaired) electrons. The van der Waals surface area contributed by atoms with E-state index in [0.717, 1.165) is 35.1 Å². The summed E-state index contributed by atoms with van der Waals surface area (Å²) in [5.41, 5.74) is 2.29. The molecule has 1 saturated heterocycles. The van der Waals surface area contributed by atoms with Gasteiger partial charge in [0.1, 0.15) is 11.6 Å². The molecule has 1 aliphatic carbocycles. The average Bonchev–Trinajstić information content (AvgIpc) is 2.67. The Hall–Kier alpha value is -2.52. The SMILES string of the molecule is COc1ccccc1N1/C(=N/C2C=CC=CC2)CC1c1ccc(Cl)cc1. The third-order valence-corrected chi connectivity index (χ3v) is 5.09. The van der Waals surface area contributed by atoms with Crippen molar-refractivity contribution >= 4 is 23.1 Å². The number of benzene rings is 2. The predicted molar refractivity (Wildman–Crippen MR) is 108 cm³/mol. The van der Waals surface area contributed by atoms with Gasteiger partial charge in [-0.2, -0.15) is 0 Å². The summed E-state index contributed by atoms with van der Waals surface area (Å²) in [4.78, 5) is 7.28. The van der Waals surface area contributed by atoms with E-state index >= 15 is 0 Å². The summed E-state index contributed by atoms with van der Waals surface area (Å²) in [6, 6.07) is 16.6. The molecule has 4 rings (SSSR count). The second kappa shape index (κ2) is 7.38. The summed E-state index contributed by atoms with van der Waals surface area (Å²) in [5, 5.41) is 0.755. The topological polar surface area (TPSA) is 24.8 Å². The Morgan fingerprint density at radius 3 is 2.62 bits per heavy atom. The van der Waals surface area contributed by atoms with Gasteiger partial charge in [0.15, 0.2) is 0 Å². The lowest BCUT2D eigenvalue weighted by molar-refractivity contribution is 0.413. The maximum Gasteiger partial charge on any atom is 0.142 e. The quantitative estimate of drug-likeness (QED) is 0.707. The molecule has 0 saturated carbocycles. The number of hydrogen-bond acceptors (Lipinski definition) is 2. The van der Waals surface area contributed by atoms with Crippen molar-refractivity contribution < 1.29 is 4.74 Å². The van der Waals surface area contributed by atoms with E-state index in [2.05, 4.69) is 47.4 Å². The molecule has 2 unspecified atom stereocenters. The molecule has 132 valence electrons. The first-order chi connectivity index (χ1) is 12.8. The molecule has 3 nitrogen and oxygen atoms in total. The zero-order valence-corrected chi connectivity index (χ0v) is 15.4. The van der Waals surface area contributed by atoms with Gasteiger partial charge in [-0.3, -0.25) is 4.99 Å². The van der Waals surface area contributed by atoms with E-state index in [9.17, 15) is 0 Å². The predicted octanol–water partition coefficient (Wildman–Crippen LogP) is 5.58. The second-order valence-corrected chi connectivity index (χ2v) is 6.91. The van der Waals surface area contributed by atoms with Crippen LogP contribution < -0.4 is 9.64 Å². The van der Waals surface area contributed by atoms with Gasteiger partial charge < -0.3 is 9.64 Å². The fourth-order valence-corrected chi connectivity index (χ4v) is 3.61. The molecule has 1 aliphatic heterocycles. The molecule has 1 heterocycles. The molecule has 0 aromatic heterocycles. The minimum absolute atomic E-state index is 0.207. The molecule has 0 spiro atoms. The highest BCUT2D eigenvalue weighted by atomic mass is 35.5. The normalized spacial score (nSPS) is 23.2. The van der Waals surface area contributed by atoms with E-state index in [-0.39, 0.29) is 12.1 Å². The molecular weight excluding hydrogens is 344 g/mol. The zero-order chi connectivity index (χ0) is 17.9. The van der Waals surface area contributed by atoms with Crippen molar-refractivity contribution in [3.05, 3.63) is 83.4 Å². The first-order valence-corrected chi connectivity index (χ1v) is 9.22. The van der Waals surface area contributed by atoms with Crippen molar-refractivity contribution in [1.82, 2.24) is 0 Å². The number of ether oxygens (including phenoxy) is 1. The van der Waals surface area contributed by atoms with Crippen LogP contribution in [0.2, 0.25) is 5.02 Å². The van der Waals surface area contributed by atoms with Crippen LogP contribution >= 0.6 is 11.6 Å². The summed E-state index contributed by atoms with van der Waals surface area (Å²) in [6.07, 6.45) is 10.3. The summed E-state index contributed by atoms with van der Waals surface area (Å²) in [7, 11) is 1.71. The monoisotopic (exact) mass is 364 g/mol. The van der Waals surface area contributed by atoms with Gasteiger partial charge in [-0.25, -0.2) is 0 Å². The highest BCUT2D eigenvalue weighted by molar-refractivity contribution is 6.30. The summed E-state index contributed by atoms with van der Waals surface area (Å²) in [5.74, 6) is 1.96. The van der Waals surface area contributed by atoms with Crippen molar-refractivity contribution in [2.75, 3.05) is 12.0 Å². The fourth-order valence-electron chi connectivity index (χ4n) is 3.49. The van der Waals surface area contributed by atoms with E-state index in [1.54, 1.807) is 7.11 Å². The Bertz CT molecular complexity index is 870. The van der Waals surface area contributed by atoms with Gasteiger partial charge in [0, 0.05) is 11.4 Å². The van der Waals surface area contributed by atoms with E-state index in [4.69, 9.17) is 21.3 Å². The number of hydrogen-bond donors (Lipinski definition) is 0. The van der Waals surface area contributed by atoms with Crippen molar-refractivity contribution in [2.45, 2.75) is 24.9 Å². The first-order valence-electron chi connectivity index (χ1n) is 8.84. The van der Waals surface area contributed by atoms with Crippen LogP contribution in [0.25, 0.3) is 0 Å². The molecule has 0 bridgehead atoms. The Labute approximate surface area is 159 Å². The van der Waals surface area contributed by atoms with Crippen LogP contribution in [0.3, 0.4) is 0 Å². The second-order valence-electron chi connectivity index (χ2n) is 6.47. The Balaban J connectivity index is 1.70.